The third kappa shape index (κ3) is 5.11. The Labute approximate surface area is 168 Å². The molecule has 2 aromatic carbocycles. The molecule has 0 unspecified atom stereocenters. The molecule has 148 valence electrons. The molecule has 0 saturated carbocycles. The Balaban J connectivity index is 1.56. The molecule has 1 amide bonds. The summed E-state index contributed by atoms with van der Waals surface area (Å²) in [6.45, 7) is 2.06. The van der Waals surface area contributed by atoms with Crippen molar-refractivity contribution in [2.45, 2.75) is 0 Å². The van der Waals surface area contributed by atoms with Gasteiger partial charge in [0.1, 0.15) is 17.5 Å². The van der Waals surface area contributed by atoms with Crippen molar-refractivity contribution < 1.29 is 14.5 Å². The molecule has 0 aliphatic carbocycles. The fraction of sp³-hybridized carbons (Fsp3) is 0.238. The fourth-order valence-electron chi connectivity index (χ4n) is 3.12. The zero-order valence-electron chi connectivity index (χ0n) is 15.7. The molecule has 0 spiro atoms. The van der Waals surface area contributed by atoms with Gasteiger partial charge in [0.25, 0.3) is 5.69 Å². The van der Waals surface area contributed by atoms with Gasteiger partial charge in [-0.05, 0) is 29.8 Å². The van der Waals surface area contributed by atoms with Crippen LogP contribution in [0.1, 0.15) is 5.56 Å². The van der Waals surface area contributed by atoms with E-state index in [0.717, 1.165) is 5.56 Å². The maximum Gasteiger partial charge on any atom is 0.292 e. The molecule has 0 radical (unpaired) electrons. The van der Waals surface area contributed by atoms with Gasteiger partial charge in [0.2, 0.25) is 5.91 Å². The molecule has 0 aromatic heterocycles. The second kappa shape index (κ2) is 9.37. The lowest BCUT2D eigenvalue weighted by Crippen LogP contribution is -2.48. The smallest absolute Gasteiger partial charge is 0.292 e. The number of hydrogen-bond acceptors (Lipinski definition) is 6. The summed E-state index contributed by atoms with van der Waals surface area (Å²) in [5.41, 5.74) is 1.51. The predicted molar refractivity (Wildman–Crippen MR) is 108 cm³/mol. The lowest BCUT2D eigenvalue weighted by molar-refractivity contribution is -0.384. The van der Waals surface area contributed by atoms with Gasteiger partial charge >= 0.3 is 0 Å². The predicted octanol–water partition coefficient (Wildman–Crippen LogP) is 2.86. The standard InChI is InChI=1S/C21H20N4O4/c22-11-16-29-18-8-5-17(6-9-18)7-10-21(26)24-14-12-23(13-15-24)19-3-1-2-4-20(19)25(27)28/h1-10H,12-16H2. The zero-order valence-corrected chi connectivity index (χ0v) is 15.7. The van der Waals surface area contributed by atoms with E-state index in [4.69, 9.17) is 10.00 Å². The van der Waals surface area contributed by atoms with E-state index in [0.29, 0.717) is 37.6 Å². The molecule has 0 atom stereocenters. The number of amides is 1. The van der Waals surface area contributed by atoms with Crippen molar-refractivity contribution in [2.75, 3.05) is 37.7 Å². The Morgan fingerprint density at radius 3 is 2.48 bits per heavy atom. The number of carbonyl (C=O) groups is 1. The maximum atomic E-state index is 12.4. The van der Waals surface area contributed by atoms with E-state index in [-0.39, 0.29) is 23.1 Å². The van der Waals surface area contributed by atoms with Crippen LogP contribution in [0, 0.1) is 21.4 Å². The third-order valence-corrected chi connectivity index (χ3v) is 4.61. The topological polar surface area (TPSA) is 99.7 Å². The number of para-hydroxylation sites is 2. The molecule has 3 rings (SSSR count). The normalized spacial score (nSPS) is 13.9. The summed E-state index contributed by atoms with van der Waals surface area (Å²) >= 11 is 0. The van der Waals surface area contributed by atoms with E-state index < -0.39 is 0 Å². The fourth-order valence-corrected chi connectivity index (χ4v) is 3.12. The molecule has 1 heterocycles. The number of benzene rings is 2. The highest BCUT2D eigenvalue weighted by Crippen LogP contribution is 2.28. The van der Waals surface area contributed by atoms with Gasteiger partial charge in [0.15, 0.2) is 6.61 Å². The molecule has 1 aliphatic rings. The van der Waals surface area contributed by atoms with Gasteiger partial charge < -0.3 is 14.5 Å². The lowest BCUT2D eigenvalue weighted by atomic mass is 10.2. The summed E-state index contributed by atoms with van der Waals surface area (Å²) < 4.78 is 5.19. The Kier molecular flexibility index (Phi) is 6.43. The average Bonchev–Trinajstić information content (AvgIpc) is 2.77. The van der Waals surface area contributed by atoms with Gasteiger partial charge in [-0.25, -0.2) is 0 Å². The van der Waals surface area contributed by atoms with Crippen molar-refractivity contribution in [3.05, 3.63) is 70.3 Å². The highest BCUT2D eigenvalue weighted by Gasteiger charge is 2.24. The van der Waals surface area contributed by atoms with Gasteiger partial charge in [-0.2, -0.15) is 5.26 Å². The first-order valence-corrected chi connectivity index (χ1v) is 9.13. The molecule has 1 aliphatic heterocycles. The number of nitro groups is 1. The van der Waals surface area contributed by atoms with Crippen LogP contribution >= 0.6 is 0 Å². The quantitative estimate of drug-likeness (QED) is 0.426. The molecular weight excluding hydrogens is 372 g/mol. The van der Waals surface area contributed by atoms with E-state index in [1.54, 1.807) is 41.3 Å². The number of carbonyl (C=O) groups excluding carboxylic acids is 1. The second-order valence-electron chi connectivity index (χ2n) is 6.41. The summed E-state index contributed by atoms with van der Waals surface area (Å²) in [6.07, 6.45) is 3.25. The number of ether oxygens (including phenoxy) is 1. The van der Waals surface area contributed by atoms with Crippen molar-refractivity contribution in [3.8, 4) is 11.8 Å². The maximum absolute atomic E-state index is 12.4. The monoisotopic (exact) mass is 392 g/mol. The molecule has 8 nitrogen and oxygen atoms in total. The van der Waals surface area contributed by atoms with Gasteiger partial charge in [-0.1, -0.05) is 24.3 Å². The van der Waals surface area contributed by atoms with Gasteiger partial charge in [0.05, 0.1) is 4.92 Å². The number of piperazine rings is 1. The van der Waals surface area contributed by atoms with Gasteiger partial charge in [0, 0.05) is 38.3 Å². The number of anilines is 1. The van der Waals surface area contributed by atoms with E-state index in [9.17, 15) is 14.9 Å². The Bertz CT molecular complexity index is 942. The van der Waals surface area contributed by atoms with E-state index >= 15 is 0 Å². The molecule has 29 heavy (non-hydrogen) atoms. The van der Waals surface area contributed by atoms with E-state index in [1.165, 1.54) is 12.1 Å². The molecule has 1 fully saturated rings. The lowest BCUT2D eigenvalue weighted by Gasteiger charge is -2.35. The first-order chi connectivity index (χ1) is 14.1. The number of nitro benzene ring substituents is 1. The second-order valence-corrected chi connectivity index (χ2v) is 6.41. The van der Waals surface area contributed by atoms with Crippen LogP contribution in [0.2, 0.25) is 0 Å². The largest absolute Gasteiger partial charge is 0.479 e. The summed E-state index contributed by atoms with van der Waals surface area (Å²) in [6, 6.07) is 15.7. The van der Waals surface area contributed by atoms with Gasteiger partial charge in [-0.15, -0.1) is 0 Å². The minimum Gasteiger partial charge on any atom is -0.479 e. The molecule has 0 N–H and O–H groups in total. The number of hydrogen-bond donors (Lipinski definition) is 0. The summed E-state index contributed by atoms with van der Waals surface area (Å²) in [4.78, 5) is 26.9. The van der Waals surface area contributed by atoms with Crippen LogP contribution in [-0.4, -0.2) is 48.5 Å². The molecule has 8 heteroatoms. The summed E-state index contributed by atoms with van der Waals surface area (Å²) in [5.74, 6) is 0.498. The van der Waals surface area contributed by atoms with Crippen molar-refractivity contribution in [2.24, 2.45) is 0 Å². The highest BCUT2D eigenvalue weighted by molar-refractivity contribution is 5.92. The van der Waals surface area contributed by atoms with Crippen molar-refractivity contribution in [3.63, 3.8) is 0 Å². The molecule has 0 bridgehead atoms. The van der Waals surface area contributed by atoms with Crippen LogP contribution in [0.25, 0.3) is 6.08 Å². The van der Waals surface area contributed by atoms with Crippen molar-refractivity contribution in [1.82, 2.24) is 4.90 Å². The SMILES string of the molecule is N#CCOc1ccc(C=CC(=O)N2CCN(c3ccccc3[N+](=O)[O-])CC2)cc1. The van der Waals surface area contributed by atoms with Crippen LogP contribution < -0.4 is 9.64 Å². The molecular formula is C21H20N4O4. The third-order valence-electron chi connectivity index (χ3n) is 4.61. The number of rotatable bonds is 6. The van der Waals surface area contributed by atoms with E-state index in [2.05, 4.69) is 0 Å². The Morgan fingerprint density at radius 1 is 1.14 bits per heavy atom. The average molecular weight is 392 g/mol. The van der Waals surface area contributed by atoms with Gasteiger partial charge in [-0.3, -0.25) is 14.9 Å². The highest BCUT2D eigenvalue weighted by atomic mass is 16.6. The first kappa shape index (κ1) is 19.9. The van der Waals surface area contributed by atoms with Crippen molar-refractivity contribution in [1.29, 1.82) is 5.26 Å². The Morgan fingerprint density at radius 2 is 1.83 bits per heavy atom. The first-order valence-electron chi connectivity index (χ1n) is 9.13. The number of nitriles is 1. The van der Waals surface area contributed by atoms with Crippen LogP contribution in [0.3, 0.4) is 0 Å². The summed E-state index contributed by atoms with van der Waals surface area (Å²) in [5, 5.41) is 19.7. The molecule has 2 aromatic rings. The van der Waals surface area contributed by atoms with Crippen LogP contribution in [0.15, 0.2) is 54.6 Å². The minimum atomic E-state index is -0.383. The number of nitrogens with zero attached hydrogens (tertiary/aromatic N) is 4. The van der Waals surface area contributed by atoms with Crippen LogP contribution in [0.5, 0.6) is 5.75 Å². The minimum absolute atomic E-state index is 0.00815. The Hall–Kier alpha value is -3.86. The van der Waals surface area contributed by atoms with E-state index in [1.807, 2.05) is 23.1 Å². The van der Waals surface area contributed by atoms with Crippen LogP contribution in [-0.2, 0) is 4.79 Å². The molecule has 1 saturated heterocycles. The van der Waals surface area contributed by atoms with Crippen molar-refractivity contribution >= 4 is 23.4 Å². The zero-order chi connectivity index (χ0) is 20.6. The summed E-state index contributed by atoms with van der Waals surface area (Å²) in [7, 11) is 0. The van der Waals surface area contributed by atoms with Crippen LogP contribution in [0.4, 0.5) is 11.4 Å².